The van der Waals surface area contributed by atoms with Crippen molar-refractivity contribution in [2.45, 2.75) is 12.7 Å². The first-order valence-corrected chi connectivity index (χ1v) is 7.25. The zero-order chi connectivity index (χ0) is 16.9. The van der Waals surface area contributed by atoms with Crippen molar-refractivity contribution in [3.05, 3.63) is 53.6 Å². The molecule has 7 N–H and O–H groups in total. The van der Waals surface area contributed by atoms with E-state index >= 15 is 0 Å². The second-order valence-electron chi connectivity index (χ2n) is 5.10. The van der Waals surface area contributed by atoms with Gasteiger partial charge in [-0.05, 0) is 29.8 Å². The Labute approximate surface area is 137 Å². The molecule has 1 aromatic heterocycles. The highest BCUT2D eigenvalue weighted by molar-refractivity contribution is 5.87. The number of hydrogen-bond acceptors (Lipinski definition) is 8. The van der Waals surface area contributed by atoms with Crippen LogP contribution in [0.5, 0.6) is 0 Å². The third-order valence-electron chi connectivity index (χ3n) is 3.41. The summed E-state index contributed by atoms with van der Waals surface area (Å²) in [5.74, 6) is 0.566. The number of hydrazine groups is 1. The number of aromatic nitrogens is 2. The molecule has 0 saturated carbocycles. The Kier molecular flexibility index (Phi) is 4.52. The second-order valence-corrected chi connectivity index (χ2v) is 5.10. The molecule has 1 aliphatic rings. The predicted molar refractivity (Wildman–Crippen MR) is 90.9 cm³/mol. The fraction of sp³-hybridized carbons (Fsp3) is 0.133. The lowest BCUT2D eigenvalue weighted by molar-refractivity contribution is 0.626. The van der Waals surface area contributed by atoms with Gasteiger partial charge in [-0.15, -0.1) is 0 Å². The van der Waals surface area contributed by atoms with Crippen molar-refractivity contribution in [3.8, 4) is 0 Å². The van der Waals surface area contributed by atoms with Crippen molar-refractivity contribution in [1.29, 1.82) is 5.41 Å². The molecule has 0 spiro atoms. The van der Waals surface area contributed by atoms with E-state index in [1.54, 1.807) is 18.5 Å². The minimum atomic E-state index is -0.446. The summed E-state index contributed by atoms with van der Waals surface area (Å²) in [6, 6.07) is 4.27. The van der Waals surface area contributed by atoms with Crippen LogP contribution >= 0.6 is 0 Å². The molecular weight excluding hydrogens is 311 g/mol. The van der Waals surface area contributed by atoms with Gasteiger partial charge in [0.05, 0.1) is 0 Å². The third kappa shape index (κ3) is 3.58. The van der Waals surface area contributed by atoms with E-state index in [-0.39, 0.29) is 18.4 Å². The number of hydrogen-bond donors (Lipinski definition) is 6. The maximum atomic E-state index is 13.5. The molecule has 9 heteroatoms. The molecular formula is C15H17FN8. The zero-order valence-corrected chi connectivity index (χ0v) is 12.7. The molecule has 1 unspecified atom stereocenters. The Hall–Kier alpha value is -3.20. The van der Waals surface area contributed by atoms with Gasteiger partial charge in [0.25, 0.3) is 0 Å². The second kappa shape index (κ2) is 6.92. The third-order valence-corrected chi connectivity index (χ3v) is 3.41. The van der Waals surface area contributed by atoms with E-state index in [4.69, 9.17) is 11.1 Å². The van der Waals surface area contributed by atoms with Crippen LogP contribution in [0.1, 0.15) is 11.1 Å². The van der Waals surface area contributed by atoms with E-state index in [1.165, 1.54) is 12.1 Å². The molecule has 3 rings (SSSR count). The van der Waals surface area contributed by atoms with Gasteiger partial charge in [-0.25, -0.2) is 14.8 Å². The van der Waals surface area contributed by atoms with Crippen molar-refractivity contribution in [2.24, 2.45) is 0 Å². The Bertz CT molecular complexity index is 776. The first-order chi connectivity index (χ1) is 11.7. The van der Waals surface area contributed by atoms with Gasteiger partial charge in [0.15, 0.2) is 0 Å². The maximum Gasteiger partial charge on any atom is 0.224 e. The first kappa shape index (κ1) is 15.7. The average Bonchev–Trinajstić information content (AvgIpc) is 3.06. The number of benzene rings is 1. The molecule has 0 bridgehead atoms. The number of anilines is 3. The quantitative estimate of drug-likeness (QED) is 0.347. The summed E-state index contributed by atoms with van der Waals surface area (Å²) in [5.41, 5.74) is 12.8. The van der Waals surface area contributed by atoms with Gasteiger partial charge in [0, 0.05) is 36.4 Å². The fourth-order valence-electron chi connectivity index (χ4n) is 2.29. The molecule has 0 radical (unpaired) electrons. The van der Waals surface area contributed by atoms with Crippen molar-refractivity contribution in [3.63, 3.8) is 0 Å². The highest BCUT2D eigenvalue weighted by Gasteiger charge is 2.10. The molecule has 2 heterocycles. The summed E-state index contributed by atoms with van der Waals surface area (Å²) < 4.78 is 13.5. The van der Waals surface area contributed by atoms with Crippen LogP contribution in [-0.4, -0.2) is 22.3 Å². The van der Waals surface area contributed by atoms with Crippen LogP contribution in [0, 0.1) is 11.2 Å². The van der Waals surface area contributed by atoms with Crippen LogP contribution in [0.25, 0.3) is 0 Å². The normalized spacial score (nSPS) is 15.8. The number of nitrogen functional groups attached to an aromatic ring is 1. The molecule has 2 aromatic rings. The van der Waals surface area contributed by atoms with Crippen LogP contribution < -0.4 is 27.2 Å². The zero-order valence-electron chi connectivity index (χ0n) is 12.7. The van der Waals surface area contributed by atoms with Gasteiger partial charge < -0.3 is 27.2 Å². The average molecular weight is 328 g/mol. The topological polar surface area (TPSA) is 124 Å². The molecule has 1 aliphatic heterocycles. The lowest BCUT2D eigenvalue weighted by atomic mass is 10.1. The molecule has 1 aromatic carbocycles. The van der Waals surface area contributed by atoms with Crippen LogP contribution in [-0.2, 0) is 6.54 Å². The number of halogens is 1. The Morgan fingerprint density at radius 3 is 3.04 bits per heavy atom. The van der Waals surface area contributed by atoms with Gasteiger partial charge in [-0.1, -0.05) is 0 Å². The van der Waals surface area contributed by atoms with Crippen LogP contribution in [0.4, 0.5) is 21.8 Å². The van der Waals surface area contributed by atoms with Gasteiger partial charge in [0.2, 0.25) is 5.95 Å². The minimum absolute atomic E-state index is 0.0692. The summed E-state index contributed by atoms with van der Waals surface area (Å²) in [6.07, 6.45) is 6.34. The van der Waals surface area contributed by atoms with Crippen LogP contribution in [0.2, 0.25) is 0 Å². The van der Waals surface area contributed by atoms with E-state index in [1.807, 2.05) is 6.08 Å². The monoisotopic (exact) mass is 328 g/mol. The van der Waals surface area contributed by atoms with Crippen molar-refractivity contribution < 1.29 is 4.39 Å². The molecule has 0 saturated heterocycles. The Balaban J connectivity index is 1.70. The summed E-state index contributed by atoms with van der Waals surface area (Å²) in [6.45, 7) is 0.249. The lowest BCUT2D eigenvalue weighted by Crippen LogP contribution is -2.36. The molecule has 8 nitrogen and oxygen atoms in total. The smallest absolute Gasteiger partial charge is 0.224 e. The Morgan fingerprint density at radius 1 is 1.42 bits per heavy atom. The van der Waals surface area contributed by atoms with E-state index in [0.29, 0.717) is 22.9 Å². The summed E-state index contributed by atoms with van der Waals surface area (Å²) in [4.78, 5) is 8.47. The molecule has 124 valence electrons. The predicted octanol–water partition coefficient (Wildman–Crippen LogP) is 1.17. The molecule has 0 amide bonds. The maximum absolute atomic E-state index is 13.5. The molecule has 24 heavy (non-hydrogen) atoms. The lowest BCUT2D eigenvalue weighted by Gasteiger charge is -2.13. The van der Waals surface area contributed by atoms with E-state index in [9.17, 15) is 4.39 Å². The van der Waals surface area contributed by atoms with E-state index < -0.39 is 5.82 Å². The number of nitrogens with two attached hydrogens (primary N) is 1. The molecule has 1 atom stereocenters. The number of nitrogens with zero attached hydrogens (tertiary/aromatic N) is 2. The van der Waals surface area contributed by atoms with Gasteiger partial charge >= 0.3 is 0 Å². The summed E-state index contributed by atoms with van der Waals surface area (Å²) in [5, 5.41) is 13.6. The van der Waals surface area contributed by atoms with Crippen molar-refractivity contribution >= 4 is 23.7 Å². The summed E-state index contributed by atoms with van der Waals surface area (Å²) in [7, 11) is 0. The van der Waals surface area contributed by atoms with Crippen LogP contribution in [0.15, 0.2) is 36.7 Å². The largest absolute Gasteiger partial charge is 0.398 e. The van der Waals surface area contributed by atoms with E-state index in [2.05, 4.69) is 31.5 Å². The van der Waals surface area contributed by atoms with Crippen molar-refractivity contribution in [2.75, 3.05) is 16.4 Å². The highest BCUT2D eigenvalue weighted by atomic mass is 19.1. The molecule has 0 fully saturated rings. The van der Waals surface area contributed by atoms with Crippen LogP contribution in [0.3, 0.4) is 0 Å². The SMILES string of the molecule is N=Cc1c(N)cc(F)cc1CNc1nccc(NC2C=CNN2)n1. The highest BCUT2D eigenvalue weighted by Crippen LogP contribution is 2.18. The van der Waals surface area contributed by atoms with Gasteiger partial charge in [0.1, 0.15) is 17.8 Å². The van der Waals surface area contributed by atoms with E-state index in [0.717, 1.165) is 6.21 Å². The minimum Gasteiger partial charge on any atom is -0.398 e. The van der Waals surface area contributed by atoms with Gasteiger partial charge in [-0.2, -0.15) is 4.98 Å². The number of rotatable bonds is 6. The summed E-state index contributed by atoms with van der Waals surface area (Å²) >= 11 is 0. The Morgan fingerprint density at radius 2 is 2.29 bits per heavy atom. The van der Waals surface area contributed by atoms with Gasteiger partial charge in [-0.3, -0.25) is 0 Å². The molecule has 0 aliphatic carbocycles. The van der Waals surface area contributed by atoms with Crippen molar-refractivity contribution in [1.82, 2.24) is 20.8 Å². The fourth-order valence-corrected chi connectivity index (χ4v) is 2.29. The standard InChI is InChI=1S/C15H17FN8/c16-10-5-9(11(7-17)12(18)6-10)8-20-15-19-3-1-13(23-15)22-14-2-4-21-24-14/h1-7,14,17,21,24H,8,18H2,(H2,19,20,22,23). The first-order valence-electron chi connectivity index (χ1n) is 7.25. The number of nitrogens with one attached hydrogen (secondary N) is 5.